The van der Waals surface area contributed by atoms with Crippen LogP contribution in [0.4, 0.5) is 0 Å². The fraction of sp³-hybridized carbons (Fsp3) is 0.769. The minimum Gasteiger partial charge on any atom is -0.312 e. The fourth-order valence-electron chi connectivity index (χ4n) is 2.28. The standard InChI is InChI=1S/C13H23N3S/c1-4-14-9-12-10(2)15-13(17-12)11-5-7-16(3)8-6-11/h11,14H,4-9H2,1-3H3. The van der Waals surface area contributed by atoms with Gasteiger partial charge in [0.1, 0.15) is 0 Å². The minimum absolute atomic E-state index is 0.699. The highest BCUT2D eigenvalue weighted by atomic mass is 32.1. The molecule has 0 atom stereocenters. The molecule has 2 heterocycles. The quantitative estimate of drug-likeness (QED) is 0.893. The van der Waals surface area contributed by atoms with Gasteiger partial charge in [-0.3, -0.25) is 0 Å². The van der Waals surface area contributed by atoms with Crippen LogP contribution in [0.2, 0.25) is 0 Å². The Bertz CT molecular complexity index is 354. The highest BCUT2D eigenvalue weighted by molar-refractivity contribution is 7.11. The number of nitrogens with one attached hydrogen (secondary N) is 1. The summed E-state index contributed by atoms with van der Waals surface area (Å²) in [5.74, 6) is 0.699. The predicted octanol–water partition coefficient (Wildman–Crippen LogP) is 2.37. The lowest BCUT2D eigenvalue weighted by Crippen LogP contribution is -2.29. The Kier molecular flexibility index (Phi) is 4.54. The van der Waals surface area contributed by atoms with E-state index in [1.165, 1.54) is 41.5 Å². The Morgan fingerprint density at radius 1 is 1.41 bits per heavy atom. The molecule has 0 aliphatic carbocycles. The number of hydrogen-bond acceptors (Lipinski definition) is 4. The van der Waals surface area contributed by atoms with Gasteiger partial charge in [0.15, 0.2) is 0 Å². The van der Waals surface area contributed by atoms with Gasteiger partial charge in [-0.15, -0.1) is 11.3 Å². The molecule has 1 fully saturated rings. The van der Waals surface area contributed by atoms with Crippen molar-refractivity contribution < 1.29 is 0 Å². The zero-order valence-electron chi connectivity index (χ0n) is 11.1. The second-order valence-electron chi connectivity index (χ2n) is 4.92. The van der Waals surface area contributed by atoms with E-state index in [2.05, 4.69) is 31.1 Å². The van der Waals surface area contributed by atoms with Gasteiger partial charge in [-0.25, -0.2) is 4.98 Å². The fourth-order valence-corrected chi connectivity index (χ4v) is 3.49. The van der Waals surface area contributed by atoms with Crippen LogP contribution in [0.3, 0.4) is 0 Å². The third-order valence-corrected chi connectivity index (χ3v) is 4.83. The molecule has 0 radical (unpaired) electrons. The van der Waals surface area contributed by atoms with Crippen molar-refractivity contribution in [2.75, 3.05) is 26.7 Å². The summed E-state index contributed by atoms with van der Waals surface area (Å²) in [6.07, 6.45) is 2.54. The molecule has 3 nitrogen and oxygen atoms in total. The molecule has 0 aromatic carbocycles. The number of nitrogens with zero attached hydrogens (tertiary/aromatic N) is 2. The van der Waals surface area contributed by atoms with Gasteiger partial charge in [0.05, 0.1) is 10.7 Å². The summed E-state index contributed by atoms with van der Waals surface area (Å²) in [4.78, 5) is 8.60. The van der Waals surface area contributed by atoms with Gasteiger partial charge in [-0.1, -0.05) is 6.92 Å². The molecular formula is C13H23N3S. The Morgan fingerprint density at radius 3 is 2.76 bits per heavy atom. The highest BCUT2D eigenvalue weighted by Gasteiger charge is 2.22. The number of aromatic nitrogens is 1. The van der Waals surface area contributed by atoms with Crippen LogP contribution in [0.25, 0.3) is 0 Å². The third-order valence-electron chi connectivity index (χ3n) is 3.51. The van der Waals surface area contributed by atoms with Crippen molar-refractivity contribution in [1.29, 1.82) is 0 Å². The van der Waals surface area contributed by atoms with E-state index in [1.54, 1.807) is 0 Å². The molecule has 17 heavy (non-hydrogen) atoms. The number of aryl methyl sites for hydroxylation is 1. The van der Waals surface area contributed by atoms with Gasteiger partial charge >= 0.3 is 0 Å². The highest BCUT2D eigenvalue weighted by Crippen LogP contribution is 2.32. The molecule has 4 heteroatoms. The van der Waals surface area contributed by atoms with Gasteiger partial charge in [0.2, 0.25) is 0 Å². The molecule has 0 saturated carbocycles. The van der Waals surface area contributed by atoms with Crippen molar-refractivity contribution in [2.24, 2.45) is 0 Å². The SMILES string of the molecule is CCNCc1sc(C2CCN(C)CC2)nc1C. The summed E-state index contributed by atoms with van der Waals surface area (Å²) in [6, 6.07) is 0. The van der Waals surface area contributed by atoms with E-state index in [4.69, 9.17) is 4.98 Å². The Balaban J connectivity index is 2.01. The monoisotopic (exact) mass is 253 g/mol. The Hall–Kier alpha value is -0.450. The molecule has 1 aromatic heterocycles. The van der Waals surface area contributed by atoms with Crippen LogP contribution >= 0.6 is 11.3 Å². The second kappa shape index (κ2) is 5.94. The molecule has 1 aliphatic heterocycles. The lowest BCUT2D eigenvalue weighted by molar-refractivity contribution is 0.255. The summed E-state index contributed by atoms with van der Waals surface area (Å²) >= 11 is 1.92. The van der Waals surface area contributed by atoms with Crippen LogP contribution in [-0.2, 0) is 6.54 Å². The number of hydrogen-bond donors (Lipinski definition) is 1. The van der Waals surface area contributed by atoms with Crippen molar-refractivity contribution >= 4 is 11.3 Å². The second-order valence-corrected chi connectivity index (χ2v) is 6.03. The largest absolute Gasteiger partial charge is 0.312 e. The zero-order valence-corrected chi connectivity index (χ0v) is 11.9. The molecule has 1 saturated heterocycles. The van der Waals surface area contributed by atoms with Crippen LogP contribution < -0.4 is 5.32 Å². The molecule has 0 bridgehead atoms. The molecular weight excluding hydrogens is 230 g/mol. The average Bonchev–Trinajstić information content (AvgIpc) is 2.69. The van der Waals surface area contributed by atoms with Crippen molar-refractivity contribution in [1.82, 2.24) is 15.2 Å². The van der Waals surface area contributed by atoms with Crippen LogP contribution in [0, 0.1) is 6.92 Å². The minimum atomic E-state index is 0.699. The third kappa shape index (κ3) is 3.27. The van der Waals surface area contributed by atoms with Crippen molar-refractivity contribution in [3.05, 3.63) is 15.6 Å². The van der Waals surface area contributed by atoms with Crippen molar-refractivity contribution in [2.45, 2.75) is 39.2 Å². The normalized spacial score (nSPS) is 18.8. The average molecular weight is 253 g/mol. The summed E-state index contributed by atoms with van der Waals surface area (Å²) in [5, 5.41) is 4.76. The molecule has 1 N–H and O–H groups in total. The lowest BCUT2D eigenvalue weighted by Gasteiger charge is -2.27. The first-order chi connectivity index (χ1) is 8.20. The molecule has 0 unspecified atom stereocenters. The smallest absolute Gasteiger partial charge is 0.0963 e. The number of thiazole rings is 1. The zero-order chi connectivity index (χ0) is 12.3. The summed E-state index contributed by atoms with van der Waals surface area (Å²) < 4.78 is 0. The van der Waals surface area contributed by atoms with E-state index in [9.17, 15) is 0 Å². The van der Waals surface area contributed by atoms with Crippen LogP contribution in [0.15, 0.2) is 0 Å². The van der Waals surface area contributed by atoms with E-state index in [0.717, 1.165) is 13.1 Å². The van der Waals surface area contributed by atoms with Crippen molar-refractivity contribution in [3.8, 4) is 0 Å². The molecule has 0 spiro atoms. The lowest BCUT2D eigenvalue weighted by atomic mass is 9.98. The maximum absolute atomic E-state index is 4.77. The number of likely N-dealkylation sites (tertiary alicyclic amines) is 1. The van der Waals surface area contributed by atoms with Crippen LogP contribution in [0.5, 0.6) is 0 Å². The summed E-state index contributed by atoms with van der Waals surface area (Å²) in [7, 11) is 2.21. The molecule has 96 valence electrons. The van der Waals surface area contributed by atoms with Crippen molar-refractivity contribution in [3.63, 3.8) is 0 Å². The van der Waals surface area contributed by atoms with E-state index in [0.29, 0.717) is 5.92 Å². The first-order valence-electron chi connectivity index (χ1n) is 6.56. The van der Waals surface area contributed by atoms with Gasteiger partial charge < -0.3 is 10.2 Å². The molecule has 1 aromatic rings. The first kappa shape index (κ1) is 13.0. The molecule has 1 aliphatic rings. The first-order valence-corrected chi connectivity index (χ1v) is 7.37. The van der Waals surface area contributed by atoms with Gasteiger partial charge in [0, 0.05) is 17.3 Å². The van der Waals surface area contributed by atoms with E-state index < -0.39 is 0 Å². The Morgan fingerprint density at radius 2 is 2.12 bits per heavy atom. The van der Waals surface area contributed by atoms with E-state index >= 15 is 0 Å². The van der Waals surface area contributed by atoms with E-state index in [1.807, 2.05) is 11.3 Å². The maximum atomic E-state index is 4.77. The van der Waals surface area contributed by atoms with Gasteiger partial charge in [-0.05, 0) is 46.4 Å². The summed E-state index contributed by atoms with van der Waals surface area (Å²) in [6.45, 7) is 8.72. The maximum Gasteiger partial charge on any atom is 0.0963 e. The van der Waals surface area contributed by atoms with Gasteiger partial charge in [0.25, 0.3) is 0 Å². The molecule has 2 rings (SSSR count). The van der Waals surface area contributed by atoms with Gasteiger partial charge in [-0.2, -0.15) is 0 Å². The van der Waals surface area contributed by atoms with Crippen LogP contribution in [0.1, 0.15) is 41.3 Å². The topological polar surface area (TPSA) is 28.2 Å². The number of piperidine rings is 1. The van der Waals surface area contributed by atoms with Crippen LogP contribution in [-0.4, -0.2) is 36.6 Å². The number of rotatable bonds is 4. The summed E-state index contributed by atoms with van der Waals surface area (Å²) in [5.41, 5.74) is 1.23. The molecule has 0 amide bonds. The predicted molar refractivity (Wildman–Crippen MR) is 73.7 cm³/mol. The van der Waals surface area contributed by atoms with E-state index in [-0.39, 0.29) is 0 Å². The Labute approximate surface area is 108 Å².